The van der Waals surface area contributed by atoms with Crippen LogP contribution in [0.2, 0.25) is 5.02 Å². The number of carbonyl (C=O) groups is 2. The molecule has 1 heterocycles. The van der Waals surface area contributed by atoms with Crippen molar-refractivity contribution in [2.75, 3.05) is 30.0 Å². The van der Waals surface area contributed by atoms with Gasteiger partial charge in [-0.1, -0.05) is 35.9 Å². The van der Waals surface area contributed by atoms with Gasteiger partial charge in [0.25, 0.3) is 11.7 Å². The van der Waals surface area contributed by atoms with Gasteiger partial charge in [0.1, 0.15) is 11.5 Å². The molecule has 3 aromatic carbocycles. The highest BCUT2D eigenvalue weighted by Gasteiger charge is 2.47. The van der Waals surface area contributed by atoms with Crippen LogP contribution in [0.1, 0.15) is 42.1 Å². The van der Waals surface area contributed by atoms with Gasteiger partial charge in [0.15, 0.2) is 0 Å². The zero-order valence-corrected chi connectivity index (χ0v) is 22.5. The largest absolute Gasteiger partial charge is 0.507 e. The molecule has 4 rings (SSSR count). The fourth-order valence-electron chi connectivity index (χ4n) is 4.82. The van der Waals surface area contributed by atoms with Crippen LogP contribution in [-0.4, -0.2) is 37.0 Å². The van der Waals surface area contributed by atoms with E-state index in [0.29, 0.717) is 17.0 Å². The molecule has 1 unspecified atom stereocenters. The molecule has 0 bridgehead atoms. The number of hydrogen-bond donors (Lipinski definition) is 1. The van der Waals surface area contributed by atoms with Crippen LogP contribution in [0, 0.1) is 13.8 Å². The predicted molar refractivity (Wildman–Crippen MR) is 149 cm³/mol. The highest BCUT2D eigenvalue weighted by molar-refractivity contribution is 6.51. The lowest BCUT2D eigenvalue weighted by Gasteiger charge is -2.28. The van der Waals surface area contributed by atoms with E-state index in [4.69, 9.17) is 16.3 Å². The number of benzene rings is 3. The van der Waals surface area contributed by atoms with Gasteiger partial charge in [-0.2, -0.15) is 0 Å². The quantitative estimate of drug-likeness (QED) is 0.221. The number of methoxy groups -OCH3 is 1. The third-order valence-electron chi connectivity index (χ3n) is 7.04. The standard InChI is InChI=1S/C30H31ClN2O4/c1-6-32(7-2)22-14-11-20(12-15-22)27-26(28(34)21-13-16-25(37-5)23(31)17-21)29(35)30(36)33(27)24-10-8-9-18(3)19(24)4/h8-17,27,34H,6-7H2,1-5H3/b28-26+. The van der Waals surface area contributed by atoms with Crippen LogP contribution in [0.4, 0.5) is 11.4 Å². The summed E-state index contributed by atoms with van der Waals surface area (Å²) in [5.41, 5.74) is 4.62. The summed E-state index contributed by atoms with van der Waals surface area (Å²) in [5.74, 6) is -1.28. The normalized spacial score (nSPS) is 16.8. The topological polar surface area (TPSA) is 70.1 Å². The fourth-order valence-corrected chi connectivity index (χ4v) is 5.08. The summed E-state index contributed by atoms with van der Waals surface area (Å²) >= 11 is 6.31. The van der Waals surface area contributed by atoms with Crippen LogP contribution in [-0.2, 0) is 9.59 Å². The van der Waals surface area contributed by atoms with Gasteiger partial charge in [0.2, 0.25) is 0 Å². The third kappa shape index (κ3) is 4.69. The number of aliphatic hydroxyl groups is 1. The Morgan fingerprint density at radius 3 is 2.30 bits per heavy atom. The molecule has 1 aliphatic heterocycles. The number of Topliss-reactive ketones (excluding diaryl/α,β-unsaturated/α-hetero) is 1. The molecule has 1 amide bonds. The van der Waals surface area contributed by atoms with Gasteiger partial charge in [-0.3, -0.25) is 14.5 Å². The molecule has 0 aromatic heterocycles. The van der Waals surface area contributed by atoms with E-state index in [-0.39, 0.29) is 16.4 Å². The Bertz CT molecular complexity index is 1380. The van der Waals surface area contributed by atoms with Crippen LogP contribution in [0.25, 0.3) is 5.76 Å². The second kappa shape index (κ2) is 10.7. The highest BCUT2D eigenvalue weighted by atomic mass is 35.5. The Labute approximate surface area is 222 Å². The fraction of sp³-hybridized carbons (Fsp3) is 0.267. The molecule has 1 atom stereocenters. The summed E-state index contributed by atoms with van der Waals surface area (Å²) < 4.78 is 5.22. The number of carbonyl (C=O) groups excluding carboxylic acids is 2. The van der Waals surface area contributed by atoms with E-state index in [1.54, 1.807) is 12.1 Å². The molecule has 0 saturated carbocycles. The van der Waals surface area contributed by atoms with Gasteiger partial charge < -0.3 is 14.7 Å². The number of anilines is 2. The lowest BCUT2D eigenvalue weighted by atomic mass is 9.94. The summed E-state index contributed by atoms with van der Waals surface area (Å²) in [7, 11) is 1.50. The van der Waals surface area contributed by atoms with Crippen molar-refractivity contribution >= 4 is 40.4 Å². The minimum atomic E-state index is -0.813. The number of amides is 1. The summed E-state index contributed by atoms with van der Waals surface area (Å²) in [6.07, 6.45) is 0. The Kier molecular flexibility index (Phi) is 7.60. The number of rotatable bonds is 7. The van der Waals surface area contributed by atoms with Crippen molar-refractivity contribution in [3.05, 3.63) is 93.5 Å². The Morgan fingerprint density at radius 1 is 1.03 bits per heavy atom. The Hall–Kier alpha value is -3.77. The molecule has 6 nitrogen and oxygen atoms in total. The lowest BCUT2D eigenvalue weighted by Crippen LogP contribution is -2.30. The van der Waals surface area contributed by atoms with Crippen molar-refractivity contribution in [3.63, 3.8) is 0 Å². The van der Waals surface area contributed by atoms with Gasteiger partial charge in [-0.25, -0.2) is 0 Å². The van der Waals surface area contributed by atoms with Gasteiger partial charge in [0, 0.05) is 30.0 Å². The molecule has 7 heteroatoms. The average molecular weight is 519 g/mol. The first-order valence-electron chi connectivity index (χ1n) is 12.3. The maximum atomic E-state index is 13.5. The molecule has 0 spiro atoms. The van der Waals surface area contributed by atoms with Crippen molar-refractivity contribution in [2.24, 2.45) is 0 Å². The molecular weight excluding hydrogens is 488 g/mol. The molecule has 1 saturated heterocycles. The lowest BCUT2D eigenvalue weighted by molar-refractivity contribution is -0.132. The summed E-state index contributed by atoms with van der Waals surface area (Å²) in [4.78, 5) is 30.7. The first-order valence-corrected chi connectivity index (χ1v) is 12.7. The molecule has 0 radical (unpaired) electrons. The van der Waals surface area contributed by atoms with Gasteiger partial charge in [-0.05, 0) is 80.8 Å². The maximum Gasteiger partial charge on any atom is 0.300 e. The molecule has 192 valence electrons. The van der Waals surface area contributed by atoms with E-state index in [2.05, 4.69) is 18.7 Å². The number of ketones is 1. The van der Waals surface area contributed by atoms with E-state index in [0.717, 1.165) is 35.5 Å². The monoisotopic (exact) mass is 518 g/mol. The van der Waals surface area contributed by atoms with Crippen molar-refractivity contribution in [2.45, 2.75) is 33.7 Å². The minimum Gasteiger partial charge on any atom is -0.507 e. The van der Waals surface area contributed by atoms with Crippen molar-refractivity contribution in [3.8, 4) is 5.75 Å². The molecule has 1 aliphatic rings. The number of ether oxygens (including phenoxy) is 1. The first-order chi connectivity index (χ1) is 17.7. The first kappa shape index (κ1) is 26.3. The van der Waals surface area contributed by atoms with Crippen LogP contribution in [0.15, 0.2) is 66.2 Å². The Balaban J connectivity index is 1.94. The summed E-state index contributed by atoms with van der Waals surface area (Å²) in [5, 5.41) is 11.7. The molecule has 1 N–H and O–H groups in total. The van der Waals surface area contributed by atoms with Gasteiger partial charge in [0.05, 0.1) is 23.7 Å². The minimum absolute atomic E-state index is 0.0164. The summed E-state index contributed by atoms with van der Waals surface area (Å²) in [6, 6.07) is 17.4. The van der Waals surface area contributed by atoms with Crippen molar-refractivity contribution < 1.29 is 19.4 Å². The third-order valence-corrected chi connectivity index (χ3v) is 7.34. The van der Waals surface area contributed by atoms with Crippen LogP contribution in [0.5, 0.6) is 5.75 Å². The number of halogens is 1. The molecule has 0 aliphatic carbocycles. The smallest absolute Gasteiger partial charge is 0.300 e. The van der Waals surface area contributed by atoms with Crippen molar-refractivity contribution in [1.29, 1.82) is 0 Å². The molecular formula is C30H31ClN2O4. The predicted octanol–water partition coefficient (Wildman–Crippen LogP) is 6.44. The van der Waals surface area contributed by atoms with Gasteiger partial charge in [-0.15, -0.1) is 0 Å². The van der Waals surface area contributed by atoms with Crippen LogP contribution < -0.4 is 14.5 Å². The Morgan fingerprint density at radius 2 is 1.70 bits per heavy atom. The van der Waals surface area contributed by atoms with E-state index >= 15 is 0 Å². The average Bonchev–Trinajstić information content (AvgIpc) is 3.16. The molecule has 3 aromatic rings. The SMILES string of the molecule is CCN(CC)c1ccc(C2/C(=C(\O)c3ccc(OC)c(Cl)c3)C(=O)C(=O)N2c2cccc(C)c2C)cc1. The summed E-state index contributed by atoms with van der Waals surface area (Å²) in [6.45, 7) is 9.78. The van der Waals surface area contributed by atoms with E-state index < -0.39 is 17.7 Å². The van der Waals surface area contributed by atoms with E-state index in [9.17, 15) is 14.7 Å². The number of aryl methyl sites for hydroxylation is 1. The molecule has 37 heavy (non-hydrogen) atoms. The van der Waals surface area contributed by atoms with Crippen LogP contribution in [0.3, 0.4) is 0 Å². The number of nitrogens with zero attached hydrogens (tertiary/aromatic N) is 2. The highest BCUT2D eigenvalue weighted by Crippen LogP contribution is 2.44. The van der Waals surface area contributed by atoms with Gasteiger partial charge >= 0.3 is 0 Å². The zero-order valence-electron chi connectivity index (χ0n) is 21.7. The maximum absolute atomic E-state index is 13.5. The number of aliphatic hydroxyl groups excluding tert-OH is 1. The van der Waals surface area contributed by atoms with E-state index in [1.807, 2.05) is 56.3 Å². The van der Waals surface area contributed by atoms with E-state index in [1.165, 1.54) is 18.1 Å². The second-order valence-electron chi connectivity index (χ2n) is 9.00. The van der Waals surface area contributed by atoms with Crippen molar-refractivity contribution in [1.82, 2.24) is 0 Å². The second-order valence-corrected chi connectivity index (χ2v) is 9.41. The zero-order chi connectivity index (χ0) is 26.9. The van der Waals surface area contributed by atoms with Crippen LogP contribution >= 0.6 is 11.6 Å². The number of hydrogen-bond acceptors (Lipinski definition) is 5. The molecule has 1 fully saturated rings.